The van der Waals surface area contributed by atoms with Gasteiger partial charge in [-0.25, -0.2) is 0 Å². The summed E-state index contributed by atoms with van der Waals surface area (Å²) >= 11 is 6.24. The summed E-state index contributed by atoms with van der Waals surface area (Å²) in [5, 5.41) is 9.29. The van der Waals surface area contributed by atoms with Gasteiger partial charge >= 0.3 is 0 Å². The minimum Gasteiger partial charge on any atom is -0.487 e. The van der Waals surface area contributed by atoms with Gasteiger partial charge in [-0.1, -0.05) is 55.7 Å². The van der Waals surface area contributed by atoms with Gasteiger partial charge < -0.3 is 20.7 Å². The first-order valence-electron chi connectivity index (χ1n) is 10.5. The zero-order valence-electron chi connectivity index (χ0n) is 17.5. The lowest BCUT2D eigenvalue weighted by atomic mass is 9.95. The van der Waals surface area contributed by atoms with Crippen LogP contribution in [0.5, 0.6) is 5.75 Å². The second kappa shape index (κ2) is 11.4. The van der Waals surface area contributed by atoms with Gasteiger partial charge in [0.2, 0.25) is 5.91 Å². The van der Waals surface area contributed by atoms with Crippen LogP contribution in [0.25, 0.3) is 0 Å². The Morgan fingerprint density at radius 2 is 1.90 bits per heavy atom. The summed E-state index contributed by atoms with van der Waals surface area (Å²) < 4.78 is 5.58. The van der Waals surface area contributed by atoms with E-state index in [0.717, 1.165) is 25.7 Å². The minimum absolute atomic E-state index is 0.0424. The molecule has 1 saturated carbocycles. The number of amides is 2. The zero-order chi connectivity index (χ0) is 22.1. The van der Waals surface area contributed by atoms with Crippen molar-refractivity contribution in [3.05, 3.63) is 65.7 Å². The van der Waals surface area contributed by atoms with Crippen molar-refractivity contribution in [1.29, 1.82) is 0 Å². The number of ether oxygens (including phenoxy) is 1. The Morgan fingerprint density at radius 1 is 1.13 bits per heavy atom. The van der Waals surface area contributed by atoms with E-state index in [1.165, 1.54) is 6.42 Å². The number of hydrogen-bond donors (Lipinski definition) is 3. The summed E-state index contributed by atoms with van der Waals surface area (Å²) in [6, 6.07) is 12.5. The number of anilines is 2. The molecule has 3 N–H and O–H groups in total. The molecule has 0 aliphatic heterocycles. The molecule has 6 nitrogen and oxygen atoms in total. The molecule has 1 fully saturated rings. The van der Waals surface area contributed by atoms with Gasteiger partial charge in [0, 0.05) is 11.7 Å². The van der Waals surface area contributed by atoms with E-state index in [2.05, 4.69) is 22.5 Å². The van der Waals surface area contributed by atoms with Crippen LogP contribution in [0.15, 0.2) is 55.1 Å². The van der Waals surface area contributed by atoms with Crippen molar-refractivity contribution in [2.24, 2.45) is 0 Å². The SMILES string of the molecule is C=CCOc1ccccc1NCC(=O)Nc1ccc(Cl)c(C(=O)NC2CCCCC2)c1. The highest BCUT2D eigenvalue weighted by atomic mass is 35.5. The summed E-state index contributed by atoms with van der Waals surface area (Å²) in [6.07, 6.45) is 7.11. The first-order chi connectivity index (χ1) is 15.1. The van der Waals surface area contributed by atoms with Gasteiger partial charge in [0.15, 0.2) is 0 Å². The highest BCUT2D eigenvalue weighted by Gasteiger charge is 2.19. The van der Waals surface area contributed by atoms with E-state index in [-0.39, 0.29) is 24.4 Å². The topological polar surface area (TPSA) is 79.5 Å². The van der Waals surface area contributed by atoms with Crippen LogP contribution in [0.2, 0.25) is 5.02 Å². The van der Waals surface area contributed by atoms with Crippen molar-refractivity contribution in [1.82, 2.24) is 5.32 Å². The number of benzene rings is 2. The molecule has 1 aliphatic rings. The second-order valence-electron chi connectivity index (χ2n) is 7.50. The molecule has 7 heteroatoms. The largest absolute Gasteiger partial charge is 0.487 e. The van der Waals surface area contributed by atoms with Crippen LogP contribution in [-0.4, -0.2) is 31.0 Å². The average Bonchev–Trinajstić information content (AvgIpc) is 2.78. The zero-order valence-corrected chi connectivity index (χ0v) is 18.2. The third-order valence-corrected chi connectivity index (χ3v) is 5.45. The molecular weight excluding hydrogens is 414 g/mol. The summed E-state index contributed by atoms with van der Waals surface area (Å²) in [4.78, 5) is 25.1. The molecule has 0 heterocycles. The van der Waals surface area contributed by atoms with Crippen molar-refractivity contribution < 1.29 is 14.3 Å². The van der Waals surface area contributed by atoms with Crippen molar-refractivity contribution >= 4 is 34.8 Å². The molecule has 2 aromatic rings. The van der Waals surface area contributed by atoms with Crippen molar-refractivity contribution in [3.8, 4) is 5.75 Å². The summed E-state index contributed by atoms with van der Waals surface area (Å²) in [6.45, 7) is 4.06. The Labute approximate surface area is 188 Å². The molecule has 2 amide bonds. The summed E-state index contributed by atoms with van der Waals surface area (Å²) in [7, 11) is 0. The van der Waals surface area contributed by atoms with Crippen LogP contribution in [0, 0.1) is 0 Å². The Kier molecular flexibility index (Phi) is 8.35. The maximum Gasteiger partial charge on any atom is 0.253 e. The Morgan fingerprint density at radius 3 is 2.68 bits per heavy atom. The first kappa shape index (κ1) is 22.7. The molecular formula is C24H28ClN3O3. The van der Waals surface area contributed by atoms with Crippen LogP contribution in [0.4, 0.5) is 11.4 Å². The van der Waals surface area contributed by atoms with E-state index in [9.17, 15) is 9.59 Å². The van der Waals surface area contributed by atoms with E-state index in [1.807, 2.05) is 24.3 Å². The molecule has 1 aliphatic carbocycles. The average molecular weight is 442 g/mol. The van der Waals surface area contributed by atoms with Gasteiger partial charge in [-0.15, -0.1) is 0 Å². The van der Waals surface area contributed by atoms with E-state index in [1.54, 1.807) is 24.3 Å². The molecule has 164 valence electrons. The van der Waals surface area contributed by atoms with Gasteiger partial charge in [0.05, 0.1) is 22.8 Å². The maximum absolute atomic E-state index is 12.7. The lowest BCUT2D eigenvalue weighted by Gasteiger charge is -2.23. The number of para-hydroxylation sites is 2. The third kappa shape index (κ3) is 6.76. The van der Waals surface area contributed by atoms with Gasteiger partial charge in [0.25, 0.3) is 5.91 Å². The van der Waals surface area contributed by atoms with Crippen molar-refractivity contribution in [2.75, 3.05) is 23.8 Å². The second-order valence-corrected chi connectivity index (χ2v) is 7.91. The lowest BCUT2D eigenvalue weighted by molar-refractivity contribution is -0.114. The highest BCUT2D eigenvalue weighted by molar-refractivity contribution is 6.34. The van der Waals surface area contributed by atoms with Crippen molar-refractivity contribution in [2.45, 2.75) is 38.1 Å². The fourth-order valence-electron chi connectivity index (χ4n) is 3.56. The molecule has 0 saturated heterocycles. The smallest absolute Gasteiger partial charge is 0.253 e. The first-order valence-corrected chi connectivity index (χ1v) is 10.9. The number of rotatable bonds is 9. The van der Waals surface area contributed by atoms with Crippen LogP contribution in [0.3, 0.4) is 0 Å². The maximum atomic E-state index is 12.7. The molecule has 31 heavy (non-hydrogen) atoms. The molecule has 3 rings (SSSR count). The van der Waals surface area contributed by atoms with Gasteiger partial charge in [-0.3, -0.25) is 9.59 Å². The number of carbonyl (C=O) groups is 2. The highest BCUT2D eigenvalue weighted by Crippen LogP contribution is 2.24. The lowest BCUT2D eigenvalue weighted by Crippen LogP contribution is -2.36. The quantitative estimate of drug-likeness (QED) is 0.477. The van der Waals surface area contributed by atoms with E-state index >= 15 is 0 Å². The molecule has 0 bridgehead atoms. The molecule has 0 atom stereocenters. The molecule has 0 spiro atoms. The molecule has 2 aromatic carbocycles. The van der Waals surface area contributed by atoms with E-state index in [4.69, 9.17) is 16.3 Å². The fraction of sp³-hybridized carbons (Fsp3) is 0.333. The minimum atomic E-state index is -0.250. The van der Waals surface area contributed by atoms with Crippen LogP contribution in [-0.2, 0) is 4.79 Å². The van der Waals surface area contributed by atoms with Crippen LogP contribution in [0.1, 0.15) is 42.5 Å². The van der Waals surface area contributed by atoms with Crippen LogP contribution < -0.4 is 20.7 Å². The standard InChI is InChI=1S/C24H28ClN3O3/c1-2-14-31-22-11-7-6-10-21(22)26-16-23(29)27-18-12-13-20(25)19(15-18)24(30)28-17-8-4-3-5-9-17/h2,6-7,10-13,15,17,26H,1,3-5,8-9,14,16H2,(H,27,29)(H,28,30). The van der Waals surface area contributed by atoms with Gasteiger partial charge in [0.1, 0.15) is 12.4 Å². The molecule has 0 unspecified atom stereocenters. The van der Waals surface area contributed by atoms with Crippen molar-refractivity contribution in [3.63, 3.8) is 0 Å². The van der Waals surface area contributed by atoms with E-state index in [0.29, 0.717) is 34.3 Å². The Hall–Kier alpha value is -2.99. The Balaban J connectivity index is 1.58. The monoisotopic (exact) mass is 441 g/mol. The summed E-state index contributed by atoms with van der Waals surface area (Å²) in [5.74, 6) is 0.183. The predicted molar refractivity (Wildman–Crippen MR) is 125 cm³/mol. The number of hydrogen-bond acceptors (Lipinski definition) is 4. The van der Waals surface area contributed by atoms with E-state index < -0.39 is 0 Å². The normalized spacial score (nSPS) is 13.8. The van der Waals surface area contributed by atoms with Crippen LogP contribution >= 0.6 is 11.6 Å². The molecule has 0 radical (unpaired) electrons. The fourth-order valence-corrected chi connectivity index (χ4v) is 3.76. The third-order valence-electron chi connectivity index (χ3n) is 5.12. The molecule has 0 aromatic heterocycles. The Bertz CT molecular complexity index is 926. The summed E-state index contributed by atoms with van der Waals surface area (Å²) in [5.41, 5.74) is 1.59. The number of nitrogens with one attached hydrogen (secondary N) is 3. The number of halogens is 1. The predicted octanol–water partition coefficient (Wildman–Crippen LogP) is 5.02. The van der Waals surface area contributed by atoms with Gasteiger partial charge in [-0.05, 0) is 43.2 Å². The number of carbonyl (C=O) groups excluding carboxylic acids is 2. The van der Waals surface area contributed by atoms with Gasteiger partial charge in [-0.2, -0.15) is 0 Å².